The summed E-state index contributed by atoms with van der Waals surface area (Å²) in [5, 5.41) is 5.01. The lowest BCUT2D eigenvalue weighted by molar-refractivity contribution is 1.29. The summed E-state index contributed by atoms with van der Waals surface area (Å²) in [5.41, 5.74) is 3.48. The van der Waals surface area contributed by atoms with E-state index in [-0.39, 0.29) is 0 Å². The number of para-hydroxylation sites is 1. The Kier molecular flexibility index (Phi) is 3.84. The molecule has 0 unspecified atom stereocenters. The molecule has 27 heavy (non-hydrogen) atoms. The highest BCUT2D eigenvalue weighted by Crippen LogP contribution is 2.37. The van der Waals surface area contributed by atoms with E-state index in [1.807, 2.05) is 0 Å². The van der Waals surface area contributed by atoms with Crippen molar-refractivity contribution in [3.8, 4) is 0 Å². The standard InChI is InChI=1S/C26H19N/c1-2-12-24(13-3-1)27(25-16-14-20-8-4-6-10-22(20)18-25)26-17-15-21-9-5-7-11-23(21)19-26/h1-19H/i1+1,2+1,3+1,12+1,13+1,24+1. The minimum absolute atomic E-state index is 1.16. The molecular weight excluding hydrogens is 332 g/mol. The maximum absolute atomic E-state index is 2.32. The van der Waals surface area contributed by atoms with Gasteiger partial charge in [-0.15, -0.1) is 0 Å². The van der Waals surface area contributed by atoms with Gasteiger partial charge in [-0.3, -0.25) is 0 Å². The SMILES string of the molecule is c1ccc2cc(N(c3ccc4ccccc4c3)[13c]3[13cH][13cH][13cH][13cH][13cH]3)ccc2c1. The van der Waals surface area contributed by atoms with E-state index in [9.17, 15) is 0 Å². The van der Waals surface area contributed by atoms with Crippen molar-refractivity contribution in [1.29, 1.82) is 0 Å². The third-order valence-electron chi connectivity index (χ3n) is 5.00. The second-order valence-electron chi connectivity index (χ2n) is 6.73. The van der Waals surface area contributed by atoms with Crippen LogP contribution in [0.5, 0.6) is 0 Å². The number of anilines is 3. The van der Waals surface area contributed by atoms with Crippen LogP contribution in [0.15, 0.2) is 115 Å². The molecule has 5 aromatic carbocycles. The fourth-order valence-corrected chi connectivity index (χ4v) is 3.66. The van der Waals surface area contributed by atoms with Crippen molar-refractivity contribution in [3.63, 3.8) is 0 Å². The minimum atomic E-state index is 1.16. The molecule has 5 rings (SSSR count). The Hall–Kier alpha value is -3.58. The Labute approximate surface area is 159 Å². The van der Waals surface area contributed by atoms with Gasteiger partial charge in [0.2, 0.25) is 0 Å². The molecule has 128 valence electrons. The third-order valence-corrected chi connectivity index (χ3v) is 5.00. The molecule has 0 aliphatic heterocycles. The first-order chi connectivity index (χ1) is 13.4. The Morgan fingerprint density at radius 2 is 0.778 bits per heavy atom. The van der Waals surface area contributed by atoms with E-state index < -0.39 is 0 Å². The lowest BCUT2D eigenvalue weighted by Crippen LogP contribution is -2.09. The highest BCUT2D eigenvalue weighted by Gasteiger charge is 2.13. The highest BCUT2D eigenvalue weighted by molar-refractivity contribution is 5.92. The smallest absolute Gasteiger partial charge is 0.0468 e. The second-order valence-corrected chi connectivity index (χ2v) is 6.73. The second kappa shape index (κ2) is 6.62. The molecule has 0 spiro atoms. The van der Waals surface area contributed by atoms with E-state index in [0.29, 0.717) is 0 Å². The average Bonchev–Trinajstić information content (AvgIpc) is 2.74. The number of rotatable bonds is 3. The topological polar surface area (TPSA) is 3.24 Å². The fraction of sp³-hybridized carbons (Fsp3) is 0. The number of fused-ring (bicyclic) bond motifs is 2. The molecule has 0 saturated carbocycles. The molecule has 0 saturated heterocycles. The lowest BCUT2D eigenvalue weighted by Gasteiger charge is -2.26. The van der Waals surface area contributed by atoms with Gasteiger partial charge in [-0.2, -0.15) is 0 Å². The summed E-state index contributed by atoms with van der Waals surface area (Å²) in [6, 6.07) is 40.9. The summed E-state index contributed by atoms with van der Waals surface area (Å²) in [6.45, 7) is 0. The van der Waals surface area contributed by atoms with Crippen LogP contribution < -0.4 is 4.90 Å². The van der Waals surface area contributed by atoms with Crippen molar-refractivity contribution >= 4 is 38.6 Å². The maximum Gasteiger partial charge on any atom is 0.0468 e. The van der Waals surface area contributed by atoms with Gasteiger partial charge in [0.15, 0.2) is 0 Å². The summed E-state index contributed by atoms with van der Waals surface area (Å²) in [4.78, 5) is 2.32. The Morgan fingerprint density at radius 1 is 0.333 bits per heavy atom. The van der Waals surface area contributed by atoms with Crippen LogP contribution in [-0.4, -0.2) is 0 Å². The van der Waals surface area contributed by atoms with E-state index in [0.717, 1.165) is 17.1 Å². The van der Waals surface area contributed by atoms with Crippen LogP contribution >= 0.6 is 0 Å². The Balaban J connectivity index is 1.72. The molecule has 1 nitrogen and oxygen atoms in total. The predicted molar refractivity (Wildman–Crippen MR) is 116 cm³/mol. The highest BCUT2D eigenvalue weighted by atomic mass is 15.3. The van der Waals surface area contributed by atoms with E-state index in [2.05, 4.69) is 120 Å². The molecule has 0 aromatic heterocycles. The Morgan fingerprint density at radius 3 is 1.30 bits per heavy atom. The van der Waals surface area contributed by atoms with Crippen LogP contribution in [0.3, 0.4) is 0 Å². The number of benzene rings is 5. The van der Waals surface area contributed by atoms with Crippen LogP contribution in [0.1, 0.15) is 0 Å². The molecule has 0 bridgehead atoms. The average molecular weight is 351 g/mol. The molecule has 0 atom stereocenters. The molecule has 0 amide bonds. The third kappa shape index (κ3) is 2.94. The van der Waals surface area contributed by atoms with Crippen molar-refractivity contribution in [2.45, 2.75) is 0 Å². The van der Waals surface area contributed by atoms with E-state index in [1.165, 1.54) is 21.5 Å². The zero-order valence-corrected chi connectivity index (χ0v) is 14.9. The molecule has 1 heteroatoms. The van der Waals surface area contributed by atoms with Crippen molar-refractivity contribution in [2.75, 3.05) is 4.90 Å². The van der Waals surface area contributed by atoms with Crippen LogP contribution in [0, 0.1) is 0 Å². The van der Waals surface area contributed by atoms with Gasteiger partial charge in [0, 0.05) is 17.1 Å². The van der Waals surface area contributed by atoms with Crippen LogP contribution in [0.4, 0.5) is 17.1 Å². The van der Waals surface area contributed by atoms with Gasteiger partial charge in [0.1, 0.15) is 0 Å². The summed E-state index contributed by atoms with van der Waals surface area (Å²) >= 11 is 0. The molecule has 5 aromatic rings. The number of hydrogen-bond donors (Lipinski definition) is 0. The molecule has 0 aliphatic carbocycles. The normalized spacial score (nSPS) is 11.0. The van der Waals surface area contributed by atoms with Crippen LogP contribution in [0.2, 0.25) is 0 Å². The van der Waals surface area contributed by atoms with Gasteiger partial charge in [-0.05, 0) is 57.9 Å². The molecule has 0 N–H and O–H groups in total. The first-order valence-corrected chi connectivity index (χ1v) is 9.21. The number of nitrogens with zero attached hydrogens (tertiary/aromatic N) is 1. The monoisotopic (exact) mass is 351 g/mol. The Bertz CT molecular complexity index is 1150. The van der Waals surface area contributed by atoms with E-state index >= 15 is 0 Å². The molecule has 0 radical (unpaired) electrons. The van der Waals surface area contributed by atoms with Gasteiger partial charge in [-0.25, -0.2) is 0 Å². The molecule has 0 heterocycles. The largest absolute Gasteiger partial charge is 0.310 e. The van der Waals surface area contributed by atoms with E-state index in [1.54, 1.807) is 0 Å². The van der Waals surface area contributed by atoms with Gasteiger partial charge in [0.25, 0.3) is 0 Å². The summed E-state index contributed by atoms with van der Waals surface area (Å²) < 4.78 is 0. The predicted octanol–water partition coefficient (Wildman–Crippen LogP) is 7.46. The van der Waals surface area contributed by atoms with Gasteiger partial charge in [-0.1, -0.05) is 78.9 Å². The van der Waals surface area contributed by atoms with Crippen molar-refractivity contribution < 1.29 is 0 Å². The van der Waals surface area contributed by atoms with Crippen molar-refractivity contribution in [1.82, 2.24) is 0 Å². The summed E-state index contributed by atoms with van der Waals surface area (Å²) in [5.74, 6) is 0. The zero-order chi connectivity index (χ0) is 18.1. The zero-order valence-electron chi connectivity index (χ0n) is 14.9. The summed E-state index contributed by atoms with van der Waals surface area (Å²) in [7, 11) is 0. The van der Waals surface area contributed by atoms with Crippen LogP contribution in [-0.2, 0) is 0 Å². The van der Waals surface area contributed by atoms with Crippen molar-refractivity contribution in [3.05, 3.63) is 115 Å². The van der Waals surface area contributed by atoms with Gasteiger partial charge >= 0.3 is 0 Å². The fourth-order valence-electron chi connectivity index (χ4n) is 3.66. The molecule has 0 aliphatic rings. The molecular formula is C26H19N. The first kappa shape index (κ1) is 15.7. The summed E-state index contributed by atoms with van der Waals surface area (Å²) in [6.07, 6.45) is 0. The maximum atomic E-state index is 2.32. The van der Waals surface area contributed by atoms with E-state index in [4.69, 9.17) is 0 Å². The number of hydrogen-bond acceptors (Lipinski definition) is 1. The van der Waals surface area contributed by atoms with Gasteiger partial charge in [0.05, 0.1) is 0 Å². The van der Waals surface area contributed by atoms with Gasteiger partial charge < -0.3 is 4.90 Å². The first-order valence-electron chi connectivity index (χ1n) is 9.21. The quantitative estimate of drug-likeness (QED) is 0.326. The lowest BCUT2D eigenvalue weighted by atomic mass is 10.1. The minimum Gasteiger partial charge on any atom is -0.310 e. The van der Waals surface area contributed by atoms with Crippen molar-refractivity contribution in [2.24, 2.45) is 0 Å². The van der Waals surface area contributed by atoms with Crippen LogP contribution in [0.25, 0.3) is 21.5 Å². The molecule has 0 fully saturated rings.